The Kier molecular flexibility index (Phi) is 5.35. The number of amides is 1. The van der Waals surface area contributed by atoms with Gasteiger partial charge in [0, 0.05) is 29.6 Å². The van der Waals surface area contributed by atoms with Crippen LogP contribution in [0, 0.1) is 6.92 Å². The smallest absolute Gasteiger partial charge is 0.251 e. The molecule has 2 atom stereocenters. The van der Waals surface area contributed by atoms with Crippen molar-refractivity contribution >= 4 is 23.4 Å². The largest absolute Gasteiger partial charge is 0.388 e. The Balaban J connectivity index is 2.02. The van der Waals surface area contributed by atoms with Crippen LogP contribution in [0.2, 0.25) is 0 Å². The average molecular weight is 292 g/mol. The van der Waals surface area contributed by atoms with Crippen molar-refractivity contribution in [2.24, 2.45) is 0 Å². The lowest BCUT2D eigenvalue weighted by molar-refractivity contribution is 0.0938. The average Bonchev–Trinajstić information content (AvgIpc) is 2.86. The molecule has 0 heterocycles. The van der Waals surface area contributed by atoms with Crippen molar-refractivity contribution in [1.82, 2.24) is 5.32 Å². The molecular weight excluding hydrogens is 268 g/mol. The summed E-state index contributed by atoms with van der Waals surface area (Å²) in [7, 11) is 1.90. The van der Waals surface area contributed by atoms with Gasteiger partial charge in [0.1, 0.15) is 0 Å². The molecule has 1 aliphatic carbocycles. The summed E-state index contributed by atoms with van der Waals surface area (Å²) < 4.78 is 0. The molecule has 1 saturated carbocycles. The highest BCUT2D eigenvalue weighted by Gasteiger charge is 2.28. The summed E-state index contributed by atoms with van der Waals surface area (Å²) in [5.41, 5.74) is 2.93. The van der Waals surface area contributed by atoms with Crippen molar-refractivity contribution in [2.75, 3.05) is 18.1 Å². The van der Waals surface area contributed by atoms with E-state index in [9.17, 15) is 4.79 Å². The van der Waals surface area contributed by atoms with Crippen molar-refractivity contribution in [3.05, 3.63) is 29.3 Å². The lowest BCUT2D eigenvalue weighted by atomic mass is 10.1. The van der Waals surface area contributed by atoms with Crippen LogP contribution >= 0.6 is 11.8 Å². The van der Waals surface area contributed by atoms with Gasteiger partial charge in [0.05, 0.1) is 0 Å². The SMILES string of the molecule is CCSC1CCCC1NC(=O)c1ccc(NC)c(C)c1. The van der Waals surface area contributed by atoms with Gasteiger partial charge in [0.15, 0.2) is 0 Å². The van der Waals surface area contributed by atoms with Crippen molar-refractivity contribution in [3.63, 3.8) is 0 Å². The van der Waals surface area contributed by atoms with E-state index in [1.54, 1.807) is 0 Å². The lowest BCUT2D eigenvalue weighted by Crippen LogP contribution is -2.38. The molecule has 0 aromatic heterocycles. The third-order valence-electron chi connectivity index (χ3n) is 3.91. The van der Waals surface area contributed by atoms with Crippen LogP contribution < -0.4 is 10.6 Å². The van der Waals surface area contributed by atoms with Gasteiger partial charge < -0.3 is 10.6 Å². The maximum atomic E-state index is 12.4. The molecule has 0 saturated heterocycles. The zero-order valence-corrected chi connectivity index (χ0v) is 13.3. The Morgan fingerprint density at radius 1 is 1.40 bits per heavy atom. The van der Waals surface area contributed by atoms with E-state index in [0.29, 0.717) is 11.3 Å². The molecule has 0 radical (unpaired) electrons. The number of carbonyl (C=O) groups is 1. The van der Waals surface area contributed by atoms with Crippen molar-refractivity contribution in [1.29, 1.82) is 0 Å². The van der Waals surface area contributed by atoms with E-state index in [1.807, 2.05) is 43.9 Å². The van der Waals surface area contributed by atoms with Gasteiger partial charge in [-0.15, -0.1) is 0 Å². The second-order valence-electron chi connectivity index (χ2n) is 5.28. The second kappa shape index (κ2) is 7.02. The van der Waals surface area contributed by atoms with Crippen molar-refractivity contribution in [3.8, 4) is 0 Å². The number of thioether (sulfide) groups is 1. The highest BCUT2D eigenvalue weighted by Crippen LogP contribution is 2.30. The Labute approximate surface area is 125 Å². The number of anilines is 1. The number of hydrogen-bond acceptors (Lipinski definition) is 3. The van der Waals surface area contributed by atoms with Crippen LogP contribution in [0.5, 0.6) is 0 Å². The number of benzene rings is 1. The summed E-state index contributed by atoms with van der Waals surface area (Å²) >= 11 is 1.97. The first-order valence-electron chi connectivity index (χ1n) is 7.36. The fourth-order valence-electron chi connectivity index (χ4n) is 2.84. The zero-order chi connectivity index (χ0) is 14.5. The van der Waals surface area contributed by atoms with Crippen LogP contribution in [-0.4, -0.2) is 30.0 Å². The fourth-order valence-corrected chi connectivity index (χ4v) is 4.04. The molecule has 110 valence electrons. The summed E-state index contributed by atoms with van der Waals surface area (Å²) in [6, 6.07) is 6.15. The van der Waals surface area contributed by atoms with Crippen LogP contribution in [0.3, 0.4) is 0 Å². The number of nitrogens with one attached hydrogen (secondary N) is 2. The molecule has 1 amide bonds. The maximum Gasteiger partial charge on any atom is 0.251 e. The standard InChI is InChI=1S/C16H24N2OS/c1-4-20-15-7-5-6-14(15)18-16(19)12-8-9-13(17-3)11(2)10-12/h8-10,14-15,17H,4-7H2,1-3H3,(H,18,19). The van der Waals surface area contributed by atoms with E-state index < -0.39 is 0 Å². The molecule has 2 unspecified atom stereocenters. The van der Waals surface area contributed by atoms with E-state index in [0.717, 1.165) is 29.0 Å². The number of hydrogen-bond donors (Lipinski definition) is 2. The minimum atomic E-state index is 0.0596. The molecule has 0 aliphatic heterocycles. The molecule has 1 aliphatic rings. The highest BCUT2D eigenvalue weighted by molar-refractivity contribution is 7.99. The van der Waals surface area contributed by atoms with Crippen LogP contribution in [0.1, 0.15) is 42.1 Å². The lowest BCUT2D eigenvalue weighted by Gasteiger charge is -2.20. The first kappa shape index (κ1) is 15.2. The van der Waals surface area contributed by atoms with E-state index in [4.69, 9.17) is 0 Å². The second-order valence-corrected chi connectivity index (χ2v) is 6.80. The fraction of sp³-hybridized carbons (Fsp3) is 0.562. The zero-order valence-electron chi connectivity index (χ0n) is 12.5. The molecule has 2 N–H and O–H groups in total. The van der Waals surface area contributed by atoms with Gasteiger partial charge in [-0.05, 0) is 49.3 Å². The first-order valence-corrected chi connectivity index (χ1v) is 8.41. The minimum absolute atomic E-state index is 0.0596. The Morgan fingerprint density at radius 3 is 2.85 bits per heavy atom. The van der Waals surface area contributed by atoms with Crippen LogP contribution in [0.25, 0.3) is 0 Å². The summed E-state index contributed by atoms with van der Waals surface area (Å²) in [6.07, 6.45) is 3.55. The summed E-state index contributed by atoms with van der Waals surface area (Å²) in [6.45, 7) is 4.20. The predicted octanol–water partition coefficient (Wildman–Crippen LogP) is 3.44. The van der Waals surface area contributed by atoms with Crippen LogP contribution in [0.15, 0.2) is 18.2 Å². The van der Waals surface area contributed by atoms with Gasteiger partial charge in [-0.3, -0.25) is 4.79 Å². The molecule has 0 bridgehead atoms. The third-order valence-corrected chi connectivity index (χ3v) is 5.23. The predicted molar refractivity (Wildman–Crippen MR) is 87.8 cm³/mol. The van der Waals surface area contributed by atoms with Gasteiger partial charge in [-0.2, -0.15) is 11.8 Å². The topological polar surface area (TPSA) is 41.1 Å². The number of aryl methyl sites for hydroxylation is 1. The van der Waals surface area contributed by atoms with Gasteiger partial charge in [-0.1, -0.05) is 13.3 Å². The Morgan fingerprint density at radius 2 is 2.20 bits per heavy atom. The molecular formula is C16H24N2OS. The number of carbonyl (C=O) groups excluding carboxylic acids is 1. The molecule has 2 rings (SSSR count). The van der Waals surface area contributed by atoms with E-state index in [1.165, 1.54) is 12.8 Å². The Hall–Kier alpha value is -1.16. The van der Waals surface area contributed by atoms with Crippen LogP contribution in [-0.2, 0) is 0 Å². The van der Waals surface area contributed by atoms with Crippen molar-refractivity contribution < 1.29 is 4.79 Å². The van der Waals surface area contributed by atoms with Crippen molar-refractivity contribution in [2.45, 2.75) is 44.4 Å². The summed E-state index contributed by atoms with van der Waals surface area (Å²) in [5, 5.41) is 6.92. The highest BCUT2D eigenvalue weighted by atomic mass is 32.2. The van der Waals surface area contributed by atoms with Gasteiger partial charge in [0.25, 0.3) is 5.91 Å². The van der Waals surface area contributed by atoms with Crippen LogP contribution in [0.4, 0.5) is 5.69 Å². The number of rotatable bonds is 5. The molecule has 0 spiro atoms. The van der Waals surface area contributed by atoms with Gasteiger partial charge in [-0.25, -0.2) is 0 Å². The summed E-state index contributed by atoms with van der Waals surface area (Å²) in [4.78, 5) is 12.4. The molecule has 3 nitrogen and oxygen atoms in total. The Bertz CT molecular complexity index is 476. The normalized spacial score (nSPS) is 21.8. The van der Waals surface area contributed by atoms with E-state index >= 15 is 0 Å². The monoisotopic (exact) mass is 292 g/mol. The van der Waals surface area contributed by atoms with Gasteiger partial charge in [0.2, 0.25) is 0 Å². The van der Waals surface area contributed by atoms with E-state index in [-0.39, 0.29) is 5.91 Å². The molecule has 1 aromatic rings. The van der Waals surface area contributed by atoms with E-state index in [2.05, 4.69) is 17.6 Å². The molecule has 1 aromatic carbocycles. The quantitative estimate of drug-likeness (QED) is 0.873. The summed E-state index contributed by atoms with van der Waals surface area (Å²) in [5.74, 6) is 1.18. The maximum absolute atomic E-state index is 12.4. The molecule has 4 heteroatoms. The third kappa shape index (κ3) is 3.48. The molecule has 1 fully saturated rings. The first-order chi connectivity index (χ1) is 9.65. The van der Waals surface area contributed by atoms with Gasteiger partial charge >= 0.3 is 0 Å². The minimum Gasteiger partial charge on any atom is -0.388 e. The molecule has 20 heavy (non-hydrogen) atoms.